The van der Waals surface area contributed by atoms with Crippen molar-refractivity contribution < 1.29 is 19.1 Å². The highest BCUT2D eigenvalue weighted by atomic mass is 79.9. The molecule has 0 amide bonds. The maximum atomic E-state index is 12.3. The van der Waals surface area contributed by atoms with Gasteiger partial charge in [-0.25, -0.2) is 0 Å². The molecule has 10 atom stereocenters. The van der Waals surface area contributed by atoms with Gasteiger partial charge >= 0.3 is 11.9 Å². The fraction of sp³-hybridized carbons (Fsp3) is 0.941. The first-order chi connectivity index (χ1) is 18.7. The summed E-state index contributed by atoms with van der Waals surface area (Å²) in [6.45, 7) is 18.2. The summed E-state index contributed by atoms with van der Waals surface area (Å²) in [5, 5.41) is 0.561. The lowest BCUT2D eigenvalue weighted by molar-refractivity contribution is -0.253. The Morgan fingerprint density at radius 2 is 1.48 bits per heavy atom. The molecule has 6 heteroatoms. The van der Waals surface area contributed by atoms with Gasteiger partial charge in [0.15, 0.2) is 0 Å². The van der Waals surface area contributed by atoms with Crippen LogP contribution in [0.15, 0.2) is 0 Å². The van der Waals surface area contributed by atoms with Crippen molar-refractivity contribution in [3.63, 3.8) is 0 Å². The number of carbonyl (C=O) groups is 2. The van der Waals surface area contributed by atoms with Crippen molar-refractivity contribution in [2.24, 2.45) is 62.6 Å². The predicted octanol–water partition coefficient (Wildman–Crippen LogP) is 8.97. The van der Waals surface area contributed by atoms with E-state index in [9.17, 15) is 9.59 Å². The second-order valence-corrected chi connectivity index (χ2v) is 17.4. The van der Waals surface area contributed by atoms with E-state index in [1.54, 1.807) is 0 Å². The van der Waals surface area contributed by atoms with E-state index in [4.69, 9.17) is 9.47 Å². The number of ether oxygens (including phenoxy) is 2. The van der Waals surface area contributed by atoms with E-state index >= 15 is 0 Å². The lowest BCUT2D eigenvalue weighted by atomic mass is 9.32. The number of alkyl halides is 2. The molecule has 5 rings (SSSR count). The second-order valence-electron chi connectivity index (χ2n) is 16.3. The van der Waals surface area contributed by atoms with Crippen molar-refractivity contribution in [3.8, 4) is 0 Å². The van der Waals surface area contributed by atoms with E-state index in [-0.39, 0.29) is 44.9 Å². The van der Waals surface area contributed by atoms with Crippen molar-refractivity contribution in [3.05, 3.63) is 0 Å². The van der Waals surface area contributed by atoms with Crippen molar-refractivity contribution in [1.29, 1.82) is 0 Å². The first-order valence-electron chi connectivity index (χ1n) is 16.2. The van der Waals surface area contributed by atoms with Gasteiger partial charge in [0.2, 0.25) is 0 Å². The summed E-state index contributed by atoms with van der Waals surface area (Å²) in [6.07, 6.45) is 12.2. The molecule has 5 fully saturated rings. The molecule has 0 aromatic rings. The van der Waals surface area contributed by atoms with Crippen LogP contribution in [0, 0.1) is 62.6 Å². The minimum atomic E-state index is -0.126. The van der Waals surface area contributed by atoms with Gasteiger partial charge in [-0.1, -0.05) is 80.3 Å². The Hall–Kier alpha value is -0.100. The Bertz CT molecular complexity index is 996. The van der Waals surface area contributed by atoms with Crippen LogP contribution in [0.3, 0.4) is 0 Å². The summed E-state index contributed by atoms with van der Waals surface area (Å²) >= 11 is 6.62. The monoisotopic (exact) mass is 684 g/mol. The third-order valence-corrected chi connectivity index (χ3v) is 15.4. The standard InChI is InChI=1S/C34H54Br2O4/c1-21(2)22-10-15-34(20-39-27(37)18-35)17-16-32(6)23(29(22)34)8-9-25-31(5)13-12-26(40-28(38)19-36)30(3,4)24(31)11-14-33(25,32)7/h21-26,29H,8-20H2,1-7H3/t22-,23?,24?,25?,26-,29?,31-,32+,33+,34+/m0/s1. The Balaban J connectivity index is 1.46. The average Bonchev–Trinajstić information content (AvgIpc) is 3.29. The quantitative estimate of drug-likeness (QED) is 0.207. The molecule has 4 unspecified atom stereocenters. The van der Waals surface area contributed by atoms with Crippen LogP contribution in [0.5, 0.6) is 0 Å². The minimum Gasteiger partial charge on any atom is -0.464 e. The molecule has 40 heavy (non-hydrogen) atoms. The van der Waals surface area contributed by atoms with Crippen LogP contribution >= 0.6 is 31.9 Å². The zero-order chi connectivity index (χ0) is 29.3. The molecule has 0 aromatic heterocycles. The first kappa shape index (κ1) is 31.3. The Morgan fingerprint density at radius 1 is 0.775 bits per heavy atom. The van der Waals surface area contributed by atoms with Crippen molar-refractivity contribution in [2.75, 3.05) is 17.3 Å². The van der Waals surface area contributed by atoms with Crippen LogP contribution in [0.1, 0.15) is 113 Å². The lowest BCUT2D eigenvalue weighted by Crippen LogP contribution is -2.67. The Morgan fingerprint density at radius 3 is 2.12 bits per heavy atom. The number of halogens is 2. The summed E-state index contributed by atoms with van der Waals surface area (Å²) in [4.78, 5) is 24.5. The zero-order valence-corrected chi connectivity index (χ0v) is 29.3. The smallest absolute Gasteiger partial charge is 0.316 e. The van der Waals surface area contributed by atoms with Crippen LogP contribution < -0.4 is 0 Å². The van der Waals surface area contributed by atoms with Crippen molar-refractivity contribution >= 4 is 43.8 Å². The number of hydrogen-bond donors (Lipinski definition) is 0. The fourth-order valence-corrected chi connectivity index (χ4v) is 12.7. The number of fused-ring (bicyclic) bond motifs is 7. The van der Waals surface area contributed by atoms with Crippen molar-refractivity contribution in [2.45, 2.75) is 119 Å². The zero-order valence-electron chi connectivity index (χ0n) is 26.1. The molecule has 0 N–H and O–H groups in total. The molecule has 0 spiro atoms. The van der Waals surface area contributed by atoms with Gasteiger partial charge in [0.25, 0.3) is 0 Å². The van der Waals surface area contributed by atoms with Crippen LogP contribution in [0.4, 0.5) is 0 Å². The summed E-state index contributed by atoms with van der Waals surface area (Å²) in [5.74, 6) is 3.76. The molecule has 0 saturated heterocycles. The lowest BCUT2D eigenvalue weighted by Gasteiger charge is -2.73. The largest absolute Gasteiger partial charge is 0.464 e. The molecule has 5 aliphatic carbocycles. The highest BCUT2D eigenvalue weighted by Gasteiger charge is 2.71. The number of hydrogen-bond acceptors (Lipinski definition) is 4. The molecular weight excluding hydrogens is 632 g/mol. The molecule has 4 nitrogen and oxygen atoms in total. The topological polar surface area (TPSA) is 52.6 Å². The molecule has 5 saturated carbocycles. The molecule has 5 aliphatic rings. The van der Waals surface area contributed by atoms with Crippen molar-refractivity contribution in [1.82, 2.24) is 0 Å². The van der Waals surface area contributed by atoms with Gasteiger partial charge in [-0.15, -0.1) is 0 Å². The fourth-order valence-electron chi connectivity index (χ4n) is 12.4. The molecule has 0 aliphatic heterocycles. The number of carbonyl (C=O) groups excluding carboxylic acids is 2. The maximum absolute atomic E-state index is 12.3. The van der Waals surface area contributed by atoms with E-state index < -0.39 is 0 Å². The first-order valence-corrected chi connectivity index (χ1v) is 18.4. The highest BCUT2D eigenvalue weighted by molar-refractivity contribution is 9.09. The Kier molecular flexibility index (Phi) is 8.47. The van der Waals surface area contributed by atoms with Gasteiger partial charge in [-0.3, -0.25) is 9.59 Å². The van der Waals surface area contributed by atoms with Crippen LogP contribution in [-0.4, -0.2) is 35.3 Å². The van der Waals surface area contributed by atoms with E-state index in [0.29, 0.717) is 47.0 Å². The molecule has 0 radical (unpaired) electrons. The summed E-state index contributed by atoms with van der Waals surface area (Å²) in [6, 6.07) is 0. The summed E-state index contributed by atoms with van der Waals surface area (Å²) in [5.41, 5.74) is 1.02. The second kappa shape index (κ2) is 10.8. The number of esters is 2. The summed E-state index contributed by atoms with van der Waals surface area (Å²) < 4.78 is 12.0. The van der Waals surface area contributed by atoms with Crippen LogP contribution in [0.25, 0.3) is 0 Å². The van der Waals surface area contributed by atoms with Crippen LogP contribution in [-0.2, 0) is 19.1 Å². The van der Waals surface area contributed by atoms with Gasteiger partial charge in [-0.05, 0) is 116 Å². The molecule has 228 valence electrons. The van der Waals surface area contributed by atoms with Gasteiger partial charge in [0.1, 0.15) is 16.8 Å². The van der Waals surface area contributed by atoms with E-state index in [2.05, 4.69) is 80.3 Å². The molecular formula is C34H54Br2O4. The van der Waals surface area contributed by atoms with Crippen LogP contribution in [0.2, 0.25) is 0 Å². The average molecular weight is 687 g/mol. The van der Waals surface area contributed by atoms with Gasteiger partial charge in [-0.2, -0.15) is 0 Å². The van der Waals surface area contributed by atoms with Gasteiger partial charge < -0.3 is 9.47 Å². The Labute approximate surface area is 260 Å². The van der Waals surface area contributed by atoms with Gasteiger partial charge in [0.05, 0.1) is 6.61 Å². The number of rotatable bonds is 6. The SMILES string of the molecule is CC(C)[C@@H]1CC[C@]2(COC(=O)CBr)CC[C@]3(C)C(CCC4[C@@]5(C)CC[C@H](OC(=O)CBr)C(C)(C)C5CC[C@]43C)C12. The predicted molar refractivity (Wildman–Crippen MR) is 167 cm³/mol. The molecule has 0 bridgehead atoms. The highest BCUT2D eigenvalue weighted by Crippen LogP contribution is 2.77. The third-order valence-electron chi connectivity index (χ3n) is 14.5. The van der Waals surface area contributed by atoms with E-state index in [0.717, 1.165) is 18.8 Å². The normalized spacial score (nSPS) is 47.5. The van der Waals surface area contributed by atoms with E-state index in [1.165, 1.54) is 51.4 Å². The third kappa shape index (κ3) is 4.52. The molecule has 0 aromatic carbocycles. The minimum absolute atomic E-state index is 0.00900. The maximum Gasteiger partial charge on any atom is 0.316 e. The molecule has 0 heterocycles. The summed E-state index contributed by atoms with van der Waals surface area (Å²) in [7, 11) is 0. The van der Waals surface area contributed by atoms with Gasteiger partial charge in [0, 0.05) is 10.8 Å². The van der Waals surface area contributed by atoms with E-state index in [1.807, 2.05) is 0 Å².